The molecule has 0 saturated carbocycles. The number of rotatable bonds is 6. The summed E-state index contributed by atoms with van der Waals surface area (Å²) in [6, 6.07) is 0.235. The second-order valence-corrected chi connectivity index (χ2v) is 3.27. The van der Waals surface area contributed by atoms with E-state index in [1.807, 2.05) is 13.2 Å². The minimum Gasteiger partial charge on any atom is -0.308 e. The molecule has 0 fully saturated rings. The molecule has 0 bridgehead atoms. The third-order valence-corrected chi connectivity index (χ3v) is 2.16. The summed E-state index contributed by atoms with van der Waals surface area (Å²) in [5.41, 5.74) is 0. The summed E-state index contributed by atoms with van der Waals surface area (Å²) in [6.45, 7) is 1.82. The summed E-state index contributed by atoms with van der Waals surface area (Å²) in [4.78, 5) is 0. The lowest BCUT2D eigenvalue weighted by molar-refractivity contribution is 0.142. The molecule has 1 atom stereocenters. The van der Waals surface area contributed by atoms with E-state index < -0.39 is 6.43 Å². The van der Waals surface area contributed by atoms with Crippen LogP contribution in [-0.4, -0.2) is 31.0 Å². The Balaban J connectivity index is 3.35. The molecule has 1 unspecified atom stereocenters. The highest BCUT2D eigenvalue weighted by Crippen LogP contribution is 2.01. The van der Waals surface area contributed by atoms with Crippen LogP contribution in [0.5, 0.6) is 0 Å². The van der Waals surface area contributed by atoms with Gasteiger partial charge in [0, 0.05) is 11.8 Å². The van der Waals surface area contributed by atoms with Gasteiger partial charge in [0.2, 0.25) is 0 Å². The van der Waals surface area contributed by atoms with Crippen LogP contribution in [0.3, 0.4) is 0 Å². The van der Waals surface area contributed by atoms with Gasteiger partial charge in [-0.25, -0.2) is 8.78 Å². The molecule has 68 valence electrons. The first kappa shape index (κ1) is 11.2. The molecule has 0 rings (SSSR count). The van der Waals surface area contributed by atoms with Crippen LogP contribution in [0.2, 0.25) is 0 Å². The van der Waals surface area contributed by atoms with E-state index in [-0.39, 0.29) is 12.6 Å². The van der Waals surface area contributed by atoms with Gasteiger partial charge in [-0.05, 0) is 12.7 Å². The van der Waals surface area contributed by atoms with E-state index in [0.29, 0.717) is 0 Å². The van der Waals surface area contributed by atoms with Gasteiger partial charge in [0.25, 0.3) is 6.43 Å². The van der Waals surface area contributed by atoms with Crippen LogP contribution in [0.15, 0.2) is 0 Å². The maximum atomic E-state index is 11.7. The zero-order valence-electron chi connectivity index (χ0n) is 6.94. The standard InChI is InChI=1S/C7H15F2NS/c1-3-6(5-11-2)10-4-7(8)9/h6-7,10H,3-5H2,1-2H3. The second kappa shape index (κ2) is 6.85. The molecule has 0 radical (unpaired) electrons. The molecular weight excluding hydrogens is 168 g/mol. The Morgan fingerprint density at radius 3 is 2.45 bits per heavy atom. The Bertz CT molecular complexity index is 90.5. The van der Waals surface area contributed by atoms with E-state index in [4.69, 9.17) is 0 Å². The molecule has 0 aliphatic carbocycles. The normalized spacial score (nSPS) is 13.9. The van der Waals surface area contributed by atoms with E-state index in [9.17, 15) is 8.78 Å². The summed E-state index contributed by atoms with van der Waals surface area (Å²) >= 11 is 1.68. The average molecular weight is 183 g/mol. The van der Waals surface area contributed by atoms with Gasteiger partial charge in [0.05, 0.1) is 6.54 Å². The third kappa shape index (κ3) is 6.56. The highest BCUT2D eigenvalue weighted by atomic mass is 32.2. The van der Waals surface area contributed by atoms with Crippen LogP contribution < -0.4 is 5.32 Å². The van der Waals surface area contributed by atoms with Gasteiger partial charge < -0.3 is 5.32 Å². The van der Waals surface area contributed by atoms with Crippen molar-refractivity contribution >= 4 is 11.8 Å². The first-order chi connectivity index (χ1) is 5.20. The molecule has 0 aromatic rings. The summed E-state index contributed by atoms with van der Waals surface area (Å²) in [6.07, 6.45) is 0.659. The number of hydrogen-bond acceptors (Lipinski definition) is 2. The fourth-order valence-electron chi connectivity index (χ4n) is 0.778. The maximum Gasteiger partial charge on any atom is 0.250 e. The molecule has 0 aromatic carbocycles. The zero-order valence-corrected chi connectivity index (χ0v) is 7.76. The van der Waals surface area contributed by atoms with Gasteiger partial charge in [-0.15, -0.1) is 0 Å². The van der Waals surface area contributed by atoms with Crippen molar-refractivity contribution in [3.63, 3.8) is 0 Å². The van der Waals surface area contributed by atoms with Gasteiger partial charge >= 0.3 is 0 Å². The van der Waals surface area contributed by atoms with Crippen molar-refractivity contribution in [2.75, 3.05) is 18.6 Å². The molecule has 11 heavy (non-hydrogen) atoms. The number of alkyl halides is 2. The average Bonchev–Trinajstić information content (AvgIpc) is 1.97. The topological polar surface area (TPSA) is 12.0 Å². The van der Waals surface area contributed by atoms with Gasteiger partial charge in [-0.1, -0.05) is 6.92 Å². The Kier molecular flexibility index (Phi) is 6.96. The van der Waals surface area contributed by atoms with Gasteiger partial charge in [-0.2, -0.15) is 11.8 Å². The van der Waals surface area contributed by atoms with Crippen LogP contribution >= 0.6 is 11.8 Å². The monoisotopic (exact) mass is 183 g/mol. The maximum absolute atomic E-state index is 11.7. The SMILES string of the molecule is CCC(CSC)NCC(F)F. The van der Waals surface area contributed by atoms with Crippen LogP contribution in [0.4, 0.5) is 8.78 Å². The molecule has 0 aliphatic rings. The van der Waals surface area contributed by atoms with Gasteiger partial charge in [0.15, 0.2) is 0 Å². The zero-order chi connectivity index (χ0) is 8.69. The molecule has 0 heterocycles. The van der Waals surface area contributed by atoms with Crippen molar-refractivity contribution in [3.8, 4) is 0 Å². The highest BCUT2D eigenvalue weighted by Gasteiger charge is 2.07. The van der Waals surface area contributed by atoms with Crippen molar-refractivity contribution in [1.29, 1.82) is 0 Å². The molecule has 0 aromatic heterocycles. The van der Waals surface area contributed by atoms with E-state index in [1.165, 1.54) is 0 Å². The molecule has 1 nitrogen and oxygen atoms in total. The van der Waals surface area contributed by atoms with Crippen LogP contribution in [0.25, 0.3) is 0 Å². The smallest absolute Gasteiger partial charge is 0.250 e. The van der Waals surface area contributed by atoms with Crippen molar-refractivity contribution in [3.05, 3.63) is 0 Å². The van der Waals surface area contributed by atoms with Crippen molar-refractivity contribution in [2.24, 2.45) is 0 Å². The van der Waals surface area contributed by atoms with Crippen molar-refractivity contribution in [1.82, 2.24) is 5.32 Å². The number of halogens is 2. The third-order valence-electron chi connectivity index (χ3n) is 1.42. The Morgan fingerprint density at radius 2 is 2.09 bits per heavy atom. The largest absolute Gasteiger partial charge is 0.308 e. The van der Waals surface area contributed by atoms with Gasteiger partial charge in [-0.3, -0.25) is 0 Å². The summed E-state index contributed by atoms with van der Waals surface area (Å²) in [5.74, 6) is 0.906. The Morgan fingerprint density at radius 1 is 1.45 bits per heavy atom. The summed E-state index contributed by atoms with van der Waals surface area (Å²) in [7, 11) is 0. The van der Waals surface area contributed by atoms with Crippen molar-refractivity contribution in [2.45, 2.75) is 25.8 Å². The van der Waals surface area contributed by atoms with E-state index in [1.54, 1.807) is 11.8 Å². The second-order valence-electron chi connectivity index (χ2n) is 2.36. The fraction of sp³-hybridized carbons (Fsp3) is 1.00. The molecule has 0 aliphatic heterocycles. The fourth-order valence-corrected chi connectivity index (χ4v) is 1.53. The highest BCUT2D eigenvalue weighted by molar-refractivity contribution is 7.98. The predicted molar refractivity (Wildman–Crippen MR) is 46.5 cm³/mol. The summed E-state index contributed by atoms with van der Waals surface area (Å²) in [5, 5.41) is 2.80. The minimum atomic E-state index is -2.23. The molecule has 1 N–H and O–H groups in total. The summed E-state index contributed by atoms with van der Waals surface area (Å²) < 4.78 is 23.4. The lowest BCUT2D eigenvalue weighted by Crippen LogP contribution is -2.34. The predicted octanol–water partition coefficient (Wildman–Crippen LogP) is 1.98. The minimum absolute atomic E-state index is 0.181. The lowest BCUT2D eigenvalue weighted by atomic mass is 10.2. The molecule has 0 saturated heterocycles. The molecule has 0 spiro atoms. The first-order valence-corrected chi connectivity index (χ1v) is 5.10. The van der Waals surface area contributed by atoms with E-state index in [0.717, 1.165) is 12.2 Å². The molecule has 4 heteroatoms. The number of hydrogen-bond donors (Lipinski definition) is 1. The Labute approximate surface area is 70.9 Å². The molecular formula is C7H15F2NS. The lowest BCUT2D eigenvalue weighted by Gasteiger charge is -2.14. The van der Waals surface area contributed by atoms with Crippen LogP contribution in [0.1, 0.15) is 13.3 Å². The van der Waals surface area contributed by atoms with Gasteiger partial charge in [0.1, 0.15) is 0 Å². The first-order valence-electron chi connectivity index (χ1n) is 3.71. The Hall–Kier alpha value is 0.170. The number of thioether (sulfide) groups is 1. The molecule has 0 amide bonds. The van der Waals surface area contributed by atoms with E-state index >= 15 is 0 Å². The van der Waals surface area contributed by atoms with Crippen molar-refractivity contribution < 1.29 is 8.78 Å². The van der Waals surface area contributed by atoms with E-state index in [2.05, 4.69) is 5.32 Å². The van der Waals surface area contributed by atoms with Crippen LogP contribution in [0, 0.1) is 0 Å². The van der Waals surface area contributed by atoms with Crippen LogP contribution in [-0.2, 0) is 0 Å². The quantitative estimate of drug-likeness (QED) is 0.675. The number of nitrogens with one attached hydrogen (secondary N) is 1.